The zero-order valence-electron chi connectivity index (χ0n) is 11.7. The minimum Gasteiger partial charge on any atom is -0.354 e. The van der Waals surface area contributed by atoms with E-state index in [9.17, 15) is 9.59 Å². The Morgan fingerprint density at radius 3 is 2.50 bits per heavy atom. The lowest BCUT2D eigenvalue weighted by atomic mass is 10.2. The van der Waals surface area contributed by atoms with Crippen molar-refractivity contribution in [3.63, 3.8) is 0 Å². The summed E-state index contributed by atoms with van der Waals surface area (Å²) in [4.78, 5) is 22.9. The van der Waals surface area contributed by atoms with Gasteiger partial charge < -0.3 is 10.6 Å². The predicted molar refractivity (Wildman–Crippen MR) is 84.0 cm³/mol. The minimum absolute atomic E-state index is 0.0111. The van der Waals surface area contributed by atoms with E-state index in [1.165, 1.54) is 6.08 Å². The molecule has 0 atom stereocenters. The second-order valence-electron chi connectivity index (χ2n) is 4.59. The summed E-state index contributed by atoms with van der Waals surface area (Å²) in [6, 6.07) is 7.65. The molecule has 0 spiro atoms. The number of benzene rings is 1. The fourth-order valence-corrected chi connectivity index (χ4v) is 1.83. The van der Waals surface area contributed by atoms with Gasteiger partial charge in [0.25, 0.3) is 0 Å². The Hall–Kier alpha value is -1.62. The van der Waals surface area contributed by atoms with Gasteiger partial charge in [0.15, 0.2) is 0 Å². The first-order valence-corrected chi connectivity index (χ1v) is 7.28. The number of hydrogen-bond donors (Lipinski definition) is 2. The van der Waals surface area contributed by atoms with Crippen molar-refractivity contribution in [2.75, 3.05) is 13.1 Å². The van der Waals surface area contributed by atoms with Gasteiger partial charge in [0, 0.05) is 29.6 Å². The lowest BCUT2D eigenvalue weighted by molar-refractivity contribution is -0.124. The lowest BCUT2D eigenvalue weighted by Gasteiger charge is -2.07. The van der Waals surface area contributed by atoms with Crippen LogP contribution < -0.4 is 10.6 Å². The third-order valence-corrected chi connectivity index (χ3v) is 3.29. The lowest BCUT2D eigenvalue weighted by Crippen LogP contribution is -2.35. The first-order valence-electron chi connectivity index (χ1n) is 6.49. The maximum absolute atomic E-state index is 11.6. The molecule has 2 N–H and O–H groups in total. The Balaban J connectivity index is 2.31. The highest BCUT2D eigenvalue weighted by Crippen LogP contribution is 2.16. The van der Waals surface area contributed by atoms with Crippen LogP contribution in [0.1, 0.15) is 19.4 Å². The molecule has 0 heterocycles. The molecule has 4 nitrogen and oxygen atoms in total. The van der Waals surface area contributed by atoms with Gasteiger partial charge in [-0.3, -0.25) is 9.59 Å². The molecule has 0 bridgehead atoms. The van der Waals surface area contributed by atoms with E-state index in [2.05, 4.69) is 26.6 Å². The Morgan fingerprint density at radius 2 is 1.85 bits per heavy atom. The number of halogens is 1. The van der Waals surface area contributed by atoms with Crippen molar-refractivity contribution in [3.05, 3.63) is 40.4 Å². The monoisotopic (exact) mass is 338 g/mol. The largest absolute Gasteiger partial charge is 0.354 e. The molecule has 0 aliphatic heterocycles. The molecule has 2 amide bonds. The van der Waals surface area contributed by atoms with Gasteiger partial charge in [-0.1, -0.05) is 48.0 Å². The third kappa shape index (κ3) is 6.02. The van der Waals surface area contributed by atoms with Gasteiger partial charge in [0.05, 0.1) is 0 Å². The Morgan fingerprint density at radius 1 is 1.20 bits per heavy atom. The van der Waals surface area contributed by atoms with E-state index in [1.807, 2.05) is 38.1 Å². The zero-order chi connectivity index (χ0) is 15.0. The van der Waals surface area contributed by atoms with Crippen LogP contribution in [0.2, 0.25) is 0 Å². The van der Waals surface area contributed by atoms with Gasteiger partial charge in [-0.25, -0.2) is 0 Å². The van der Waals surface area contributed by atoms with Crippen molar-refractivity contribution in [1.82, 2.24) is 10.6 Å². The number of rotatable bonds is 6. The Kier molecular flexibility index (Phi) is 7.01. The summed E-state index contributed by atoms with van der Waals surface area (Å²) in [6.45, 7) is 4.51. The quantitative estimate of drug-likeness (QED) is 0.617. The highest BCUT2D eigenvalue weighted by atomic mass is 79.9. The normalized spacial score (nSPS) is 10.8. The molecule has 0 aliphatic rings. The molecule has 108 valence electrons. The van der Waals surface area contributed by atoms with E-state index in [-0.39, 0.29) is 17.7 Å². The minimum atomic E-state index is -0.181. The highest BCUT2D eigenvalue weighted by Gasteiger charge is 2.04. The average molecular weight is 339 g/mol. The van der Waals surface area contributed by atoms with E-state index < -0.39 is 0 Å². The van der Waals surface area contributed by atoms with Crippen LogP contribution in [-0.4, -0.2) is 24.9 Å². The molecule has 0 unspecified atom stereocenters. The van der Waals surface area contributed by atoms with Crippen molar-refractivity contribution in [2.45, 2.75) is 13.8 Å². The van der Waals surface area contributed by atoms with Gasteiger partial charge in [-0.15, -0.1) is 0 Å². The first-order chi connectivity index (χ1) is 9.50. The molecule has 0 aliphatic carbocycles. The van der Waals surface area contributed by atoms with Gasteiger partial charge in [0.1, 0.15) is 0 Å². The second kappa shape index (κ2) is 8.53. The van der Waals surface area contributed by atoms with Gasteiger partial charge in [-0.05, 0) is 17.7 Å². The third-order valence-electron chi connectivity index (χ3n) is 2.57. The summed E-state index contributed by atoms with van der Waals surface area (Å²) in [6.07, 6.45) is 3.22. The number of hydrogen-bond acceptors (Lipinski definition) is 2. The maximum atomic E-state index is 11.6. The van der Waals surface area contributed by atoms with E-state index in [4.69, 9.17) is 0 Å². The maximum Gasteiger partial charge on any atom is 0.244 e. The van der Waals surface area contributed by atoms with Crippen molar-refractivity contribution < 1.29 is 9.59 Å². The van der Waals surface area contributed by atoms with Crippen LogP contribution in [0.15, 0.2) is 34.8 Å². The molecule has 0 aromatic heterocycles. The number of amides is 2. The number of carbonyl (C=O) groups is 2. The van der Waals surface area contributed by atoms with Crippen molar-refractivity contribution >= 4 is 33.8 Å². The molecule has 1 rings (SSSR count). The molecule has 1 aromatic rings. The first kappa shape index (κ1) is 16.4. The molecule has 1 aromatic carbocycles. The molecule has 20 heavy (non-hydrogen) atoms. The standard InChI is InChI=1S/C15H19BrN2O2/c1-11(2)15(20)18-10-9-17-14(19)8-7-12-5-3-4-6-13(12)16/h3-8,11H,9-10H2,1-2H3,(H,17,19)(H,18,20)/b8-7+. The fourth-order valence-electron chi connectivity index (χ4n) is 1.41. The van der Waals surface area contributed by atoms with Crippen LogP contribution in [0.5, 0.6) is 0 Å². The van der Waals surface area contributed by atoms with Crippen molar-refractivity contribution in [1.29, 1.82) is 0 Å². The molecule has 0 fully saturated rings. The van der Waals surface area contributed by atoms with E-state index in [0.717, 1.165) is 10.0 Å². The molecule has 0 saturated heterocycles. The van der Waals surface area contributed by atoms with Crippen LogP contribution >= 0.6 is 15.9 Å². The summed E-state index contributed by atoms with van der Waals surface area (Å²) < 4.78 is 0.938. The Bertz CT molecular complexity index is 498. The molecule has 5 heteroatoms. The van der Waals surface area contributed by atoms with Gasteiger partial charge in [0.2, 0.25) is 11.8 Å². The summed E-state index contributed by atoms with van der Waals surface area (Å²) in [5, 5.41) is 5.45. The highest BCUT2D eigenvalue weighted by molar-refractivity contribution is 9.10. The van der Waals surface area contributed by atoms with Crippen LogP contribution in [0.4, 0.5) is 0 Å². The van der Waals surface area contributed by atoms with E-state index >= 15 is 0 Å². The van der Waals surface area contributed by atoms with Crippen molar-refractivity contribution in [2.24, 2.45) is 5.92 Å². The van der Waals surface area contributed by atoms with Crippen LogP contribution in [0.3, 0.4) is 0 Å². The van der Waals surface area contributed by atoms with Crippen molar-refractivity contribution in [3.8, 4) is 0 Å². The number of carbonyl (C=O) groups excluding carboxylic acids is 2. The fraction of sp³-hybridized carbons (Fsp3) is 0.333. The summed E-state index contributed by atoms with van der Waals surface area (Å²) in [5.74, 6) is -0.233. The Labute approximate surface area is 127 Å². The van der Waals surface area contributed by atoms with E-state index in [0.29, 0.717) is 13.1 Å². The topological polar surface area (TPSA) is 58.2 Å². The smallest absolute Gasteiger partial charge is 0.244 e. The second-order valence-corrected chi connectivity index (χ2v) is 5.45. The molecular weight excluding hydrogens is 320 g/mol. The van der Waals surface area contributed by atoms with Gasteiger partial charge in [-0.2, -0.15) is 0 Å². The van der Waals surface area contributed by atoms with Crippen LogP contribution in [0.25, 0.3) is 6.08 Å². The summed E-state index contributed by atoms with van der Waals surface area (Å²) in [5.41, 5.74) is 0.941. The zero-order valence-corrected chi connectivity index (χ0v) is 13.2. The average Bonchev–Trinajstić information content (AvgIpc) is 2.42. The number of nitrogens with one attached hydrogen (secondary N) is 2. The molecule has 0 saturated carbocycles. The SMILES string of the molecule is CC(C)C(=O)NCCNC(=O)/C=C/c1ccccc1Br. The van der Waals surface area contributed by atoms with E-state index in [1.54, 1.807) is 6.08 Å². The predicted octanol–water partition coefficient (Wildman–Crippen LogP) is 2.35. The summed E-state index contributed by atoms with van der Waals surface area (Å²) >= 11 is 3.41. The summed E-state index contributed by atoms with van der Waals surface area (Å²) in [7, 11) is 0. The van der Waals surface area contributed by atoms with Crippen LogP contribution in [0, 0.1) is 5.92 Å². The molecular formula is C15H19BrN2O2. The van der Waals surface area contributed by atoms with Crippen LogP contribution in [-0.2, 0) is 9.59 Å². The van der Waals surface area contributed by atoms with Gasteiger partial charge >= 0.3 is 0 Å². The molecule has 0 radical (unpaired) electrons.